The Morgan fingerprint density at radius 3 is 2.48 bits per heavy atom. The van der Waals surface area contributed by atoms with E-state index in [1.807, 2.05) is 4.90 Å². The van der Waals surface area contributed by atoms with Gasteiger partial charge in [0.1, 0.15) is 0 Å². The van der Waals surface area contributed by atoms with E-state index in [2.05, 4.69) is 26.2 Å². The van der Waals surface area contributed by atoms with Crippen LogP contribution in [0.1, 0.15) is 60.8 Å². The van der Waals surface area contributed by atoms with Crippen LogP contribution < -0.4 is 0 Å². The van der Waals surface area contributed by atoms with Crippen LogP contribution >= 0.6 is 11.3 Å². The summed E-state index contributed by atoms with van der Waals surface area (Å²) >= 11 is 1.75. The van der Waals surface area contributed by atoms with Crippen molar-refractivity contribution in [1.82, 2.24) is 4.90 Å². The van der Waals surface area contributed by atoms with E-state index in [4.69, 9.17) is 4.74 Å². The number of thiophene rings is 1. The van der Waals surface area contributed by atoms with E-state index < -0.39 is 0 Å². The minimum absolute atomic E-state index is 0.0574. The number of carbonyl (C=O) groups is 2. The lowest BCUT2D eigenvalue weighted by molar-refractivity contribution is -0.146. The zero-order valence-electron chi connectivity index (χ0n) is 15.8. The standard InChI is InChI=1S/C20H29NO3S/c1-20(2,3)14-5-6-15-16(12-25-17(15)11-14)18(22)21-9-7-13(8-10-21)19(23)24-4/h12-14H,5-11H2,1-4H3. The predicted octanol–water partition coefficient (Wildman–Crippen LogP) is 3.92. The molecule has 1 aromatic rings. The number of ether oxygens (including phenoxy) is 1. The average Bonchev–Trinajstić information content (AvgIpc) is 3.03. The normalized spacial score (nSPS) is 21.8. The Morgan fingerprint density at radius 2 is 1.88 bits per heavy atom. The monoisotopic (exact) mass is 363 g/mol. The van der Waals surface area contributed by atoms with Gasteiger partial charge in [-0.1, -0.05) is 20.8 Å². The van der Waals surface area contributed by atoms with Crippen molar-refractivity contribution in [2.45, 2.75) is 52.9 Å². The van der Waals surface area contributed by atoms with Gasteiger partial charge >= 0.3 is 5.97 Å². The van der Waals surface area contributed by atoms with Crippen molar-refractivity contribution in [2.24, 2.45) is 17.3 Å². The van der Waals surface area contributed by atoms with Crippen LogP contribution in [-0.4, -0.2) is 37.0 Å². The van der Waals surface area contributed by atoms with Crippen molar-refractivity contribution in [3.8, 4) is 0 Å². The number of nitrogens with zero attached hydrogens (tertiary/aromatic N) is 1. The molecule has 2 heterocycles. The third-order valence-electron chi connectivity index (χ3n) is 5.93. The molecule has 0 bridgehead atoms. The third-order valence-corrected chi connectivity index (χ3v) is 6.98. The van der Waals surface area contributed by atoms with Crippen molar-refractivity contribution in [3.05, 3.63) is 21.4 Å². The molecule has 138 valence electrons. The number of carbonyl (C=O) groups excluding carboxylic acids is 2. The average molecular weight is 364 g/mol. The summed E-state index contributed by atoms with van der Waals surface area (Å²) < 4.78 is 4.83. The molecular weight excluding hydrogens is 334 g/mol. The van der Waals surface area contributed by atoms with Crippen LogP contribution in [0.3, 0.4) is 0 Å². The van der Waals surface area contributed by atoms with E-state index in [0.717, 1.165) is 24.8 Å². The first-order valence-corrected chi connectivity index (χ1v) is 10.2. The van der Waals surface area contributed by atoms with Gasteiger partial charge in [-0.2, -0.15) is 0 Å². The van der Waals surface area contributed by atoms with Crippen LogP contribution in [0.25, 0.3) is 0 Å². The van der Waals surface area contributed by atoms with E-state index in [1.54, 1.807) is 11.3 Å². The lowest BCUT2D eigenvalue weighted by Gasteiger charge is -2.34. The first-order valence-electron chi connectivity index (χ1n) is 9.27. The molecule has 1 unspecified atom stereocenters. The molecule has 3 rings (SSSR count). The van der Waals surface area contributed by atoms with Gasteiger partial charge in [0.25, 0.3) is 5.91 Å². The van der Waals surface area contributed by atoms with Gasteiger partial charge < -0.3 is 9.64 Å². The van der Waals surface area contributed by atoms with Crippen molar-refractivity contribution in [1.29, 1.82) is 0 Å². The van der Waals surface area contributed by atoms with Crippen molar-refractivity contribution < 1.29 is 14.3 Å². The maximum Gasteiger partial charge on any atom is 0.308 e. The Labute approximate surface area is 154 Å². The first kappa shape index (κ1) is 18.4. The Kier molecular flexibility index (Phi) is 5.24. The number of rotatable bonds is 2. The van der Waals surface area contributed by atoms with Crippen LogP contribution in [0.5, 0.6) is 0 Å². The molecule has 0 saturated carbocycles. The molecule has 1 aliphatic heterocycles. The number of hydrogen-bond donors (Lipinski definition) is 0. The molecule has 0 radical (unpaired) electrons. The molecule has 2 aliphatic rings. The first-order chi connectivity index (χ1) is 11.8. The summed E-state index contributed by atoms with van der Waals surface area (Å²) in [7, 11) is 1.43. The zero-order chi connectivity index (χ0) is 18.2. The summed E-state index contributed by atoms with van der Waals surface area (Å²) in [6.45, 7) is 8.23. The van der Waals surface area contributed by atoms with Crippen LogP contribution in [0.2, 0.25) is 0 Å². The number of methoxy groups -OCH3 is 1. The summed E-state index contributed by atoms with van der Waals surface area (Å²) in [5.74, 6) is 0.638. The van der Waals surface area contributed by atoms with Crippen LogP contribution in [0.4, 0.5) is 0 Å². The topological polar surface area (TPSA) is 46.6 Å². The molecule has 0 N–H and O–H groups in total. The third kappa shape index (κ3) is 3.76. The van der Waals surface area contributed by atoms with Crippen LogP contribution in [0.15, 0.2) is 5.38 Å². The second-order valence-electron chi connectivity index (χ2n) is 8.45. The second-order valence-corrected chi connectivity index (χ2v) is 9.41. The van der Waals surface area contributed by atoms with Crippen LogP contribution in [-0.2, 0) is 22.4 Å². The fourth-order valence-corrected chi connectivity index (χ4v) is 5.24. The lowest BCUT2D eigenvalue weighted by atomic mass is 9.72. The Morgan fingerprint density at radius 1 is 1.20 bits per heavy atom. The SMILES string of the molecule is COC(=O)C1CCN(C(=O)c2csc3c2CCC(C(C)(C)C)C3)CC1. The maximum absolute atomic E-state index is 13.0. The van der Waals surface area contributed by atoms with Crippen molar-refractivity contribution in [3.63, 3.8) is 0 Å². The van der Waals surface area contributed by atoms with E-state index in [0.29, 0.717) is 37.3 Å². The molecule has 5 heteroatoms. The van der Waals surface area contributed by atoms with Gasteiger partial charge in [0.15, 0.2) is 0 Å². The highest BCUT2D eigenvalue weighted by Gasteiger charge is 2.34. The molecule has 0 aromatic carbocycles. The number of amides is 1. The summed E-state index contributed by atoms with van der Waals surface area (Å²) in [4.78, 5) is 27.9. The quantitative estimate of drug-likeness (QED) is 0.748. The summed E-state index contributed by atoms with van der Waals surface area (Å²) in [6.07, 6.45) is 4.69. The van der Waals surface area contributed by atoms with E-state index in [-0.39, 0.29) is 17.8 Å². The zero-order valence-corrected chi connectivity index (χ0v) is 16.6. The van der Waals surface area contributed by atoms with E-state index >= 15 is 0 Å². The lowest BCUT2D eigenvalue weighted by Crippen LogP contribution is -2.40. The van der Waals surface area contributed by atoms with Crippen molar-refractivity contribution in [2.75, 3.05) is 20.2 Å². The molecule has 1 atom stereocenters. The smallest absolute Gasteiger partial charge is 0.308 e. The minimum atomic E-state index is -0.145. The Balaban J connectivity index is 1.67. The number of esters is 1. The molecule has 25 heavy (non-hydrogen) atoms. The minimum Gasteiger partial charge on any atom is -0.469 e. The second kappa shape index (κ2) is 7.10. The number of piperidine rings is 1. The van der Waals surface area contributed by atoms with Gasteiger partial charge in [0.05, 0.1) is 18.6 Å². The van der Waals surface area contributed by atoms with Gasteiger partial charge in [0, 0.05) is 23.3 Å². The van der Waals surface area contributed by atoms with Gasteiger partial charge in [-0.25, -0.2) is 0 Å². The number of fused-ring (bicyclic) bond motifs is 1. The van der Waals surface area contributed by atoms with Gasteiger partial charge in [0.2, 0.25) is 0 Å². The predicted molar refractivity (Wildman–Crippen MR) is 99.9 cm³/mol. The highest BCUT2D eigenvalue weighted by Crippen LogP contribution is 2.41. The molecule has 4 nitrogen and oxygen atoms in total. The molecule has 1 amide bonds. The van der Waals surface area contributed by atoms with Gasteiger partial charge in [-0.3, -0.25) is 9.59 Å². The molecule has 1 aromatic heterocycles. The highest BCUT2D eigenvalue weighted by molar-refractivity contribution is 7.10. The Bertz CT molecular complexity index is 650. The highest BCUT2D eigenvalue weighted by atomic mass is 32.1. The van der Waals surface area contributed by atoms with Gasteiger partial charge in [-0.15, -0.1) is 11.3 Å². The number of hydrogen-bond acceptors (Lipinski definition) is 4. The molecule has 1 aliphatic carbocycles. The Hall–Kier alpha value is -1.36. The number of likely N-dealkylation sites (tertiary alicyclic amines) is 1. The van der Waals surface area contributed by atoms with E-state index in [9.17, 15) is 9.59 Å². The molecule has 1 saturated heterocycles. The molecule has 1 fully saturated rings. The summed E-state index contributed by atoms with van der Waals surface area (Å²) in [5.41, 5.74) is 2.51. The fraction of sp³-hybridized carbons (Fsp3) is 0.700. The van der Waals surface area contributed by atoms with E-state index in [1.165, 1.54) is 17.6 Å². The van der Waals surface area contributed by atoms with Crippen molar-refractivity contribution >= 4 is 23.2 Å². The summed E-state index contributed by atoms with van der Waals surface area (Å²) in [5, 5.41) is 2.06. The molecule has 0 spiro atoms. The van der Waals surface area contributed by atoms with Gasteiger partial charge in [-0.05, 0) is 49.0 Å². The fourth-order valence-electron chi connectivity index (χ4n) is 4.09. The molecular formula is C20H29NO3S. The van der Waals surface area contributed by atoms with Crippen LogP contribution in [0, 0.1) is 17.3 Å². The maximum atomic E-state index is 13.0. The summed E-state index contributed by atoms with van der Waals surface area (Å²) in [6, 6.07) is 0. The largest absolute Gasteiger partial charge is 0.469 e.